The van der Waals surface area contributed by atoms with Gasteiger partial charge in [0.25, 0.3) is 5.91 Å². The Balaban J connectivity index is 1.75. The molecule has 0 radical (unpaired) electrons. The molecule has 0 bridgehead atoms. The lowest BCUT2D eigenvalue weighted by atomic mass is 10.2. The summed E-state index contributed by atoms with van der Waals surface area (Å²) in [5.41, 5.74) is 0.689. The van der Waals surface area contributed by atoms with Gasteiger partial charge >= 0.3 is 0 Å². The normalized spacial score (nSPS) is 11.0. The third-order valence-corrected chi connectivity index (χ3v) is 6.00. The first kappa shape index (κ1) is 19.6. The van der Waals surface area contributed by atoms with Crippen LogP contribution >= 0.6 is 0 Å². The number of carbonyl (C=O) groups is 1. The zero-order valence-electron chi connectivity index (χ0n) is 15.5. The molecule has 0 saturated heterocycles. The molecule has 0 unspecified atom stereocenters. The summed E-state index contributed by atoms with van der Waals surface area (Å²) in [4.78, 5) is 12.7. The first-order valence-electron chi connectivity index (χ1n) is 8.96. The van der Waals surface area contributed by atoms with Crippen LogP contribution in [0.1, 0.15) is 23.7 Å². The van der Waals surface area contributed by atoms with E-state index in [1.54, 1.807) is 43.3 Å². The summed E-state index contributed by atoms with van der Waals surface area (Å²) in [7, 11) is -3.50. The van der Waals surface area contributed by atoms with Crippen molar-refractivity contribution in [2.75, 3.05) is 11.1 Å². The Kier molecular flexibility index (Phi) is 6.11. The number of para-hydroxylation sites is 1. The molecule has 0 heterocycles. The molecule has 3 aromatic carbocycles. The number of rotatable bonds is 7. The fraction of sp³-hybridized carbons (Fsp3) is 0.136. The van der Waals surface area contributed by atoms with Crippen molar-refractivity contribution in [1.29, 1.82) is 0 Å². The summed E-state index contributed by atoms with van der Waals surface area (Å²) in [6.45, 7) is 1.79. The van der Waals surface area contributed by atoms with Crippen LogP contribution in [0.15, 0.2) is 83.8 Å². The van der Waals surface area contributed by atoms with Gasteiger partial charge in [-0.05, 0) is 55.0 Å². The highest BCUT2D eigenvalue weighted by atomic mass is 32.2. The standard InChI is InChI=1S/C22H21NO4S/c1-2-16-28(25,26)21-11-7-6-10-20(21)22(24)23-17-12-14-19(15-13-17)27-18-8-4-3-5-9-18/h3-15H,2,16H2,1H3,(H,23,24). The molecule has 0 saturated carbocycles. The maximum Gasteiger partial charge on any atom is 0.256 e. The van der Waals surface area contributed by atoms with Crippen molar-refractivity contribution in [2.24, 2.45) is 0 Å². The molecule has 0 aliphatic heterocycles. The lowest BCUT2D eigenvalue weighted by molar-refractivity contribution is 0.102. The quantitative estimate of drug-likeness (QED) is 0.617. The Morgan fingerprint density at radius 2 is 1.46 bits per heavy atom. The van der Waals surface area contributed by atoms with Crippen LogP contribution in [0.2, 0.25) is 0 Å². The van der Waals surface area contributed by atoms with Gasteiger partial charge in [-0.2, -0.15) is 0 Å². The van der Waals surface area contributed by atoms with Crippen LogP contribution in [0.25, 0.3) is 0 Å². The largest absolute Gasteiger partial charge is 0.457 e. The van der Waals surface area contributed by atoms with E-state index < -0.39 is 15.7 Å². The van der Waals surface area contributed by atoms with E-state index >= 15 is 0 Å². The highest BCUT2D eigenvalue weighted by Crippen LogP contribution is 2.24. The molecule has 0 atom stereocenters. The van der Waals surface area contributed by atoms with Gasteiger partial charge in [-0.3, -0.25) is 4.79 Å². The molecule has 0 aliphatic rings. The van der Waals surface area contributed by atoms with Crippen LogP contribution < -0.4 is 10.1 Å². The fourth-order valence-corrected chi connectivity index (χ4v) is 4.27. The van der Waals surface area contributed by atoms with Gasteiger partial charge in [0, 0.05) is 5.69 Å². The van der Waals surface area contributed by atoms with Crippen LogP contribution in [0.4, 0.5) is 5.69 Å². The van der Waals surface area contributed by atoms with Crippen molar-refractivity contribution in [3.05, 3.63) is 84.4 Å². The zero-order valence-corrected chi connectivity index (χ0v) is 16.3. The number of ether oxygens (including phenoxy) is 1. The number of anilines is 1. The zero-order chi connectivity index (χ0) is 20.0. The Bertz CT molecular complexity index is 1050. The van der Waals surface area contributed by atoms with Gasteiger partial charge in [0.15, 0.2) is 9.84 Å². The van der Waals surface area contributed by atoms with Gasteiger partial charge in [0.1, 0.15) is 11.5 Å². The molecule has 144 valence electrons. The van der Waals surface area contributed by atoms with Crippen molar-refractivity contribution < 1.29 is 17.9 Å². The maximum absolute atomic E-state index is 12.7. The lowest BCUT2D eigenvalue weighted by Gasteiger charge is -2.11. The number of amides is 1. The van der Waals surface area contributed by atoms with Crippen LogP contribution in [-0.4, -0.2) is 20.1 Å². The molecular weight excluding hydrogens is 374 g/mol. The highest BCUT2D eigenvalue weighted by Gasteiger charge is 2.21. The summed E-state index contributed by atoms with van der Waals surface area (Å²) in [6, 6.07) is 22.5. The summed E-state index contributed by atoms with van der Waals surface area (Å²) < 4.78 is 30.6. The van der Waals surface area contributed by atoms with E-state index in [1.165, 1.54) is 12.1 Å². The average Bonchev–Trinajstić information content (AvgIpc) is 2.70. The third kappa shape index (κ3) is 4.78. The number of hydrogen-bond donors (Lipinski definition) is 1. The summed E-state index contributed by atoms with van der Waals surface area (Å²) in [5, 5.41) is 2.74. The number of hydrogen-bond acceptors (Lipinski definition) is 4. The van der Waals surface area contributed by atoms with Crippen molar-refractivity contribution in [3.8, 4) is 11.5 Å². The van der Waals surface area contributed by atoms with Crippen molar-refractivity contribution in [1.82, 2.24) is 0 Å². The fourth-order valence-electron chi connectivity index (χ4n) is 2.73. The van der Waals surface area contributed by atoms with E-state index in [2.05, 4.69) is 5.32 Å². The highest BCUT2D eigenvalue weighted by molar-refractivity contribution is 7.91. The molecule has 28 heavy (non-hydrogen) atoms. The van der Waals surface area contributed by atoms with Gasteiger partial charge in [0.2, 0.25) is 0 Å². The molecule has 5 nitrogen and oxygen atoms in total. The molecule has 1 amide bonds. The Hall–Kier alpha value is -3.12. The average molecular weight is 395 g/mol. The molecule has 0 fully saturated rings. The molecule has 0 aromatic heterocycles. The Morgan fingerprint density at radius 1 is 0.857 bits per heavy atom. The number of benzene rings is 3. The number of nitrogens with one attached hydrogen (secondary N) is 1. The number of sulfone groups is 1. The lowest BCUT2D eigenvalue weighted by Crippen LogP contribution is -2.17. The second kappa shape index (κ2) is 8.71. The van der Waals surface area contributed by atoms with E-state index in [0.717, 1.165) is 0 Å². The molecule has 1 N–H and O–H groups in total. The third-order valence-electron chi connectivity index (χ3n) is 4.03. The van der Waals surface area contributed by atoms with E-state index in [0.29, 0.717) is 23.6 Å². The minimum atomic E-state index is -3.50. The second-order valence-corrected chi connectivity index (χ2v) is 8.29. The number of carbonyl (C=O) groups excluding carboxylic acids is 1. The van der Waals surface area contributed by atoms with Gasteiger partial charge < -0.3 is 10.1 Å². The summed E-state index contributed by atoms with van der Waals surface area (Å²) in [5.74, 6) is 0.888. The van der Waals surface area contributed by atoms with E-state index in [-0.39, 0.29) is 16.2 Å². The molecule has 3 aromatic rings. The SMILES string of the molecule is CCCS(=O)(=O)c1ccccc1C(=O)Nc1ccc(Oc2ccccc2)cc1. The first-order chi connectivity index (χ1) is 13.5. The smallest absolute Gasteiger partial charge is 0.256 e. The van der Waals surface area contributed by atoms with E-state index in [9.17, 15) is 13.2 Å². The Labute approximate surface area is 164 Å². The molecule has 0 aliphatic carbocycles. The monoisotopic (exact) mass is 395 g/mol. The van der Waals surface area contributed by atoms with Crippen LogP contribution in [0.5, 0.6) is 11.5 Å². The molecule has 0 spiro atoms. The maximum atomic E-state index is 12.7. The minimum absolute atomic E-state index is 0.00279. The van der Waals surface area contributed by atoms with Crippen LogP contribution in [-0.2, 0) is 9.84 Å². The topological polar surface area (TPSA) is 72.5 Å². The van der Waals surface area contributed by atoms with Gasteiger partial charge in [-0.1, -0.05) is 37.3 Å². The van der Waals surface area contributed by atoms with Gasteiger partial charge in [0.05, 0.1) is 16.2 Å². The van der Waals surface area contributed by atoms with Crippen LogP contribution in [0, 0.1) is 0 Å². The second-order valence-electron chi connectivity index (χ2n) is 6.21. The minimum Gasteiger partial charge on any atom is -0.457 e. The van der Waals surface area contributed by atoms with Crippen molar-refractivity contribution >= 4 is 21.4 Å². The Morgan fingerprint density at radius 3 is 2.14 bits per heavy atom. The predicted molar refractivity (Wildman–Crippen MR) is 110 cm³/mol. The molecule has 3 rings (SSSR count). The molecular formula is C22H21NO4S. The molecule has 6 heteroatoms. The van der Waals surface area contributed by atoms with Crippen molar-refractivity contribution in [3.63, 3.8) is 0 Å². The summed E-state index contributed by atoms with van der Waals surface area (Å²) >= 11 is 0. The van der Waals surface area contributed by atoms with Crippen LogP contribution in [0.3, 0.4) is 0 Å². The van der Waals surface area contributed by atoms with E-state index in [1.807, 2.05) is 30.3 Å². The van der Waals surface area contributed by atoms with Gasteiger partial charge in [-0.15, -0.1) is 0 Å². The first-order valence-corrected chi connectivity index (χ1v) is 10.6. The summed E-state index contributed by atoms with van der Waals surface area (Å²) in [6.07, 6.45) is 0.487. The van der Waals surface area contributed by atoms with Crippen molar-refractivity contribution in [2.45, 2.75) is 18.2 Å². The van der Waals surface area contributed by atoms with E-state index in [4.69, 9.17) is 4.74 Å². The van der Waals surface area contributed by atoms with Gasteiger partial charge in [-0.25, -0.2) is 8.42 Å². The predicted octanol–water partition coefficient (Wildman–Crippen LogP) is 4.91.